The maximum Gasteiger partial charge on any atom is 0.263 e. The molecule has 0 spiro atoms. The van der Waals surface area contributed by atoms with Gasteiger partial charge in [0.05, 0.1) is 16.1 Å². The predicted molar refractivity (Wildman–Crippen MR) is 98.5 cm³/mol. The molecular formula is C18H14N4O3S. The zero-order valence-electron chi connectivity index (χ0n) is 13.5. The molecule has 2 aromatic carbocycles. The first kappa shape index (κ1) is 16.2. The van der Waals surface area contributed by atoms with Crippen molar-refractivity contribution in [3.8, 4) is 0 Å². The number of amidine groups is 1. The zero-order chi connectivity index (χ0) is 18.1. The fourth-order valence-electron chi connectivity index (χ4n) is 2.80. The molecular weight excluding hydrogens is 352 g/mol. The van der Waals surface area contributed by atoms with Gasteiger partial charge in [0, 0.05) is 17.1 Å². The van der Waals surface area contributed by atoms with E-state index in [0.717, 1.165) is 5.39 Å². The molecule has 2 heterocycles. The number of sulfonamides is 1. The summed E-state index contributed by atoms with van der Waals surface area (Å²) in [5.74, 6) is -0.189. The number of para-hydroxylation sites is 1. The number of nitrogens with one attached hydrogen (secondary N) is 2. The van der Waals surface area contributed by atoms with E-state index in [1.54, 1.807) is 30.5 Å². The smallest absolute Gasteiger partial charge is 0.263 e. The van der Waals surface area contributed by atoms with E-state index in [1.165, 1.54) is 6.07 Å². The second kappa shape index (κ2) is 6.23. The van der Waals surface area contributed by atoms with Gasteiger partial charge in [-0.15, -0.1) is 0 Å². The number of nitrogens with zero attached hydrogens (tertiary/aromatic N) is 2. The van der Waals surface area contributed by atoms with Crippen molar-refractivity contribution in [2.24, 2.45) is 4.99 Å². The van der Waals surface area contributed by atoms with Gasteiger partial charge >= 0.3 is 0 Å². The normalized spacial score (nSPS) is 16.2. The first-order chi connectivity index (χ1) is 12.5. The van der Waals surface area contributed by atoms with E-state index in [4.69, 9.17) is 0 Å². The van der Waals surface area contributed by atoms with Crippen LogP contribution in [0.3, 0.4) is 0 Å². The van der Waals surface area contributed by atoms with Crippen LogP contribution in [-0.4, -0.2) is 31.7 Å². The monoisotopic (exact) mass is 366 g/mol. The van der Waals surface area contributed by atoms with E-state index in [-0.39, 0.29) is 23.2 Å². The molecule has 8 heteroatoms. The average Bonchev–Trinajstić information content (AvgIpc) is 2.91. The van der Waals surface area contributed by atoms with E-state index in [2.05, 4.69) is 20.0 Å². The number of pyridine rings is 1. The van der Waals surface area contributed by atoms with Crippen molar-refractivity contribution in [1.29, 1.82) is 0 Å². The van der Waals surface area contributed by atoms with Crippen LogP contribution in [0.1, 0.15) is 5.56 Å². The number of aliphatic imine (C=N–C) groups is 1. The lowest BCUT2D eigenvalue weighted by Crippen LogP contribution is -2.24. The molecule has 0 aliphatic carbocycles. The number of aromatic nitrogens is 1. The van der Waals surface area contributed by atoms with Gasteiger partial charge in [0.25, 0.3) is 10.0 Å². The highest BCUT2D eigenvalue weighted by molar-refractivity contribution is 7.90. The largest absolute Gasteiger partial charge is 0.323 e. The number of carbonyl (C=O) groups excluding carboxylic acids is 1. The number of rotatable bonds is 3. The SMILES string of the molecule is O=C(CN=C1NS(=O)(=O)c2ccccc21)Nc1cccc2cccnc12. The predicted octanol–water partition coefficient (Wildman–Crippen LogP) is 1.91. The van der Waals surface area contributed by atoms with Crippen LogP contribution in [0.15, 0.2) is 70.7 Å². The molecule has 1 aliphatic heterocycles. The number of carbonyl (C=O) groups is 1. The van der Waals surface area contributed by atoms with E-state index >= 15 is 0 Å². The van der Waals surface area contributed by atoms with Crippen LogP contribution >= 0.6 is 0 Å². The van der Waals surface area contributed by atoms with Gasteiger partial charge in [-0.2, -0.15) is 0 Å². The van der Waals surface area contributed by atoms with Crippen molar-refractivity contribution in [1.82, 2.24) is 9.71 Å². The summed E-state index contributed by atoms with van der Waals surface area (Å²) in [6.07, 6.45) is 1.66. The maximum atomic E-state index is 12.3. The van der Waals surface area contributed by atoms with Gasteiger partial charge in [-0.3, -0.25) is 19.5 Å². The molecule has 0 fully saturated rings. The average molecular weight is 366 g/mol. The Labute approximate surface area is 149 Å². The molecule has 0 saturated carbocycles. The number of hydrogen-bond acceptors (Lipinski definition) is 5. The molecule has 1 aromatic heterocycles. The summed E-state index contributed by atoms with van der Waals surface area (Å²) < 4.78 is 26.5. The lowest BCUT2D eigenvalue weighted by Gasteiger charge is -2.07. The van der Waals surface area contributed by atoms with Gasteiger partial charge in [0.1, 0.15) is 12.4 Å². The Kier molecular flexibility index (Phi) is 3.89. The third-order valence-electron chi connectivity index (χ3n) is 3.95. The molecule has 130 valence electrons. The Balaban J connectivity index is 1.55. The highest BCUT2D eigenvalue weighted by Crippen LogP contribution is 2.22. The number of hydrogen-bond donors (Lipinski definition) is 2. The Bertz CT molecular complexity index is 1150. The third-order valence-corrected chi connectivity index (χ3v) is 5.35. The standard InChI is InChI=1S/C18H14N4O3S/c23-16(21-14-8-3-5-12-6-4-10-19-17(12)14)11-20-18-13-7-1-2-9-15(13)26(24,25)22-18/h1-10H,11H2,(H,20,22)(H,21,23). The summed E-state index contributed by atoms with van der Waals surface area (Å²) in [6.45, 7) is -0.213. The van der Waals surface area contributed by atoms with Crippen LogP contribution in [0.2, 0.25) is 0 Å². The molecule has 7 nitrogen and oxygen atoms in total. The minimum atomic E-state index is -3.61. The van der Waals surface area contributed by atoms with Gasteiger partial charge < -0.3 is 5.32 Å². The molecule has 1 aliphatic rings. The second-order valence-corrected chi connectivity index (χ2v) is 7.35. The van der Waals surface area contributed by atoms with Crippen LogP contribution in [0, 0.1) is 0 Å². The highest BCUT2D eigenvalue weighted by atomic mass is 32.2. The molecule has 2 N–H and O–H groups in total. The fraction of sp³-hybridized carbons (Fsp3) is 0.0556. The second-order valence-electron chi connectivity index (χ2n) is 5.70. The molecule has 0 bridgehead atoms. The minimum Gasteiger partial charge on any atom is -0.323 e. The van der Waals surface area contributed by atoms with Crippen LogP contribution in [0.4, 0.5) is 5.69 Å². The summed E-state index contributed by atoms with van der Waals surface area (Å²) in [4.78, 5) is 20.8. The first-order valence-electron chi connectivity index (χ1n) is 7.85. The fourth-order valence-corrected chi connectivity index (χ4v) is 4.05. The molecule has 0 unspecified atom stereocenters. The van der Waals surface area contributed by atoms with Crippen LogP contribution in [-0.2, 0) is 14.8 Å². The lowest BCUT2D eigenvalue weighted by atomic mass is 10.2. The van der Waals surface area contributed by atoms with Gasteiger partial charge in [-0.05, 0) is 24.3 Å². The van der Waals surface area contributed by atoms with Crippen LogP contribution in [0.5, 0.6) is 0 Å². The highest BCUT2D eigenvalue weighted by Gasteiger charge is 2.30. The van der Waals surface area contributed by atoms with Gasteiger partial charge in [0.2, 0.25) is 5.91 Å². The summed E-state index contributed by atoms with van der Waals surface area (Å²) in [5, 5.41) is 3.68. The van der Waals surface area contributed by atoms with Crippen LogP contribution < -0.4 is 10.0 Å². The summed E-state index contributed by atoms with van der Waals surface area (Å²) >= 11 is 0. The van der Waals surface area contributed by atoms with Crippen LogP contribution in [0.25, 0.3) is 10.9 Å². The molecule has 26 heavy (non-hydrogen) atoms. The Morgan fingerprint density at radius 2 is 1.88 bits per heavy atom. The number of amides is 1. The van der Waals surface area contributed by atoms with Gasteiger partial charge in [-0.1, -0.05) is 30.3 Å². The molecule has 0 atom stereocenters. The van der Waals surface area contributed by atoms with E-state index in [1.807, 2.05) is 24.3 Å². The number of benzene rings is 2. The Hall–Kier alpha value is -3.26. The van der Waals surface area contributed by atoms with Crippen molar-refractivity contribution in [3.63, 3.8) is 0 Å². The zero-order valence-corrected chi connectivity index (χ0v) is 14.3. The number of fused-ring (bicyclic) bond motifs is 2. The van der Waals surface area contributed by atoms with E-state index in [9.17, 15) is 13.2 Å². The minimum absolute atomic E-state index is 0.164. The van der Waals surface area contributed by atoms with Crippen molar-refractivity contribution in [2.75, 3.05) is 11.9 Å². The Morgan fingerprint density at radius 1 is 1.08 bits per heavy atom. The quantitative estimate of drug-likeness (QED) is 0.739. The van der Waals surface area contributed by atoms with Gasteiger partial charge in [0.15, 0.2) is 0 Å². The topological polar surface area (TPSA) is 101 Å². The third kappa shape index (κ3) is 2.91. The molecule has 4 rings (SSSR count). The van der Waals surface area contributed by atoms with Crippen molar-refractivity contribution < 1.29 is 13.2 Å². The van der Waals surface area contributed by atoms with E-state index in [0.29, 0.717) is 16.8 Å². The van der Waals surface area contributed by atoms with Crippen molar-refractivity contribution in [3.05, 3.63) is 66.4 Å². The molecule has 0 radical (unpaired) electrons. The first-order valence-corrected chi connectivity index (χ1v) is 9.33. The van der Waals surface area contributed by atoms with Gasteiger partial charge in [-0.25, -0.2) is 8.42 Å². The number of anilines is 1. The van der Waals surface area contributed by atoms with Crippen molar-refractivity contribution in [2.45, 2.75) is 4.90 Å². The Morgan fingerprint density at radius 3 is 2.77 bits per heavy atom. The van der Waals surface area contributed by atoms with Crippen molar-refractivity contribution >= 4 is 38.4 Å². The molecule has 1 amide bonds. The lowest BCUT2D eigenvalue weighted by molar-refractivity contribution is -0.114. The van der Waals surface area contributed by atoms with E-state index < -0.39 is 10.0 Å². The molecule has 3 aromatic rings. The molecule has 0 saturated heterocycles. The summed E-state index contributed by atoms with van der Waals surface area (Å²) in [6, 6.07) is 15.7. The maximum absolute atomic E-state index is 12.3. The summed E-state index contributed by atoms with van der Waals surface area (Å²) in [5.41, 5.74) is 1.73. The summed E-state index contributed by atoms with van der Waals surface area (Å²) in [7, 11) is -3.61.